The van der Waals surface area contributed by atoms with Crippen molar-refractivity contribution in [2.45, 2.75) is 51.7 Å². The Morgan fingerprint density at radius 1 is 1.30 bits per heavy atom. The smallest absolute Gasteiger partial charge is 0.410 e. The quantitative estimate of drug-likeness (QED) is 0.836. The van der Waals surface area contributed by atoms with Gasteiger partial charge in [0.15, 0.2) is 11.6 Å². The highest BCUT2D eigenvalue weighted by Crippen LogP contribution is 2.22. The van der Waals surface area contributed by atoms with E-state index in [4.69, 9.17) is 4.74 Å². The highest BCUT2D eigenvalue weighted by molar-refractivity contribution is 5.82. The Hall–Kier alpha value is -1.98. The molecule has 23 heavy (non-hydrogen) atoms. The number of carbonyl (C=O) groups excluding carboxylic acids is 2. The van der Waals surface area contributed by atoms with Crippen molar-refractivity contribution in [2.24, 2.45) is 0 Å². The molecule has 1 aliphatic heterocycles. The molecule has 1 aromatic carbocycles. The molecule has 0 bridgehead atoms. The summed E-state index contributed by atoms with van der Waals surface area (Å²) in [5.74, 6) is -1.80. The number of hydrogen-bond acceptors (Lipinski definition) is 3. The zero-order chi connectivity index (χ0) is 17.2. The average Bonchev–Trinajstić information content (AvgIpc) is 2.41. The van der Waals surface area contributed by atoms with Gasteiger partial charge in [0, 0.05) is 25.4 Å². The number of amides is 1. The summed E-state index contributed by atoms with van der Waals surface area (Å²) in [5.41, 5.74) is -0.0948. The van der Waals surface area contributed by atoms with E-state index in [0.717, 1.165) is 12.1 Å². The van der Waals surface area contributed by atoms with E-state index in [9.17, 15) is 18.4 Å². The van der Waals surface area contributed by atoms with Crippen LogP contribution in [0, 0.1) is 11.6 Å². The second-order valence-corrected chi connectivity index (χ2v) is 6.77. The van der Waals surface area contributed by atoms with Gasteiger partial charge in [-0.3, -0.25) is 4.79 Å². The van der Waals surface area contributed by atoms with E-state index in [2.05, 4.69) is 0 Å². The predicted molar refractivity (Wildman–Crippen MR) is 81.0 cm³/mol. The summed E-state index contributed by atoms with van der Waals surface area (Å²) in [5, 5.41) is 0. The molecule has 0 aromatic heterocycles. The lowest BCUT2D eigenvalue weighted by atomic mass is 9.95. The van der Waals surface area contributed by atoms with Gasteiger partial charge in [-0.25, -0.2) is 13.6 Å². The normalized spacial score (nSPS) is 18.9. The molecule has 126 valence electrons. The Morgan fingerprint density at radius 3 is 2.61 bits per heavy atom. The first-order valence-electron chi connectivity index (χ1n) is 7.61. The predicted octanol–water partition coefficient (Wildman–Crippen LogP) is 3.48. The van der Waals surface area contributed by atoms with E-state index in [-0.39, 0.29) is 31.6 Å². The van der Waals surface area contributed by atoms with Crippen LogP contribution in [0.3, 0.4) is 0 Å². The number of likely N-dealkylation sites (tertiary alicyclic amines) is 1. The molecule has 1 fully saturated rings. The van der Waals surface area contributed by atoms with Gasteiger partial charge in [-0.05, 0) is 44.9 Å². The van der Waals surface area contributed by atoms with Gasteiger partial charge in [0.2, 0.25) is 0 Å². The fourth-order valence-corrected chi connectivity index (χ4v) is 2.58. The molecule has 0 radical (unpaired) electrons. The molecule has 0 spiro atoms. The Morgan fingerprint density at radius 2 is 2.00 bits per heavy atom. The van der Waals surface area contributed by atoms with Gasteiger partial charge in [-0.15, -0.1) is 0 Å². The third kappa shape index (κ3) is 4.74. The van der Waals surface area contributed by atoms with E-state index in [1.807, 2.05) is 0 Å². The van der Waals surface area contributed by atoms with Gasteiger partial charge in [-0.2, -0.15) is 0 Å². The summed E-state index contributed by atoms with van der Waals surface area (Å²) in [6, 6.07) is 3.20. The minimum atomic E-state index is -0.937. The highest BCUT2D eigenvalue weighted by atomic mass is 19.2. The van der Waals surface area contributed by atoms with Gasteiger partial charge < -0.3 is 9.64 Å². The lowest BCUT2D eigenvalue weighted by Crippen LogP contribution is -2.49. The summed E-state index contributed by atoms with van der Waals surface area (Å²) in [7, 11) is 0. The van der Waals surface area contributed by atoms with Crippen molar-refractivity contribution >= 4 is 11.9 Å². The van der Waals surface area contributed by atoms with E-state index >= 15 is 0 Å². The second kappa shape index (κ2) is 6.64. The summed E-state index contributed by atoms with van der Waals surface area (Å²) in [6.07, 6.45) is 0.270. The molecule has 4 nitrogen and oxygen atoms in total. The number of benzene rings is 1. The zero-order valence-electron chi connectivity index (χ0n) is 13.6. The number of ether oxygens (including phenoxy) is 1. The van der Waals surface area contributed by atoms with Crippen LogP contribution in [0.1, 0.15) is 39.2 Å². The summed E-state index contributed by atoms with van der Waals surface area (Å²) < 4.78 is 31.7. The maximum atomic E-state index is 13.3. The number of carbonyl (C=O) groups is 2. The number of hydrogen-bond donors (Lipinski definition) is 0. The van der Waals surface area contributed by atoms with Crippen molar-refractivity contribution < 1.29 is 23.1 Å². The van der Waals surface area contributed by atoms with Crippen LogP contribution in [-0.4, -0.2) is 35.0 Å². The minimum Gasteiger partial charge on any atom is -0.444 e. The number of Topliss-reactive ketones (excluding diaryl/α,β-unsaturated/α-hetero) is 1. The summed E-state index contributed by atoms with van der Waals surface area (Å²) >= 11 is 0. The van der Waals surface area contributed by atoms with E-state index < -0.39 is 29.4 Å². The van der Waals surface area contributed by atoms with Gasteiger partial charge >= 0.3 is 6.09 Å². The first-order chi connectivity index (χ1) is 10.7. The number of rotatable bonds is 2. The Balaban J connectivity index is 2.15. The van der Waals surface area contributed by atoms with Crippen molar-refractivity contribution in [1.82, 2.24) is 4.90 Å². The summed E-state index contributed by atoms with van der Waals surface area (Å²) in [4.78, 5) is 25.5. The SMILES string of the molecule is CC(C)(C)OC(=O)N1CCC(=O)CC1Cc1ccc(F)c(F)c1. The standard InChI is InChI=1S/C17H21F2NO3/c1-17(2,3)23-16(22)20-7-6-13(21)10-12(20)8-11-4-5-14(18)15(19)9-11/h4-5,9,12H,6-8,10H2,1-3H3. The maximum absolute atomic E-state index is 13.3. The maximum Gasteiger partial charge on any atom is 0.410 e. The summed E-state index contributed by atoms with van der Waals surface area (Å²) in [6.45, 7) is 5.58. The van der Waals surface area contributed by atoms with E-state index in [1.54, 1.807) is 20.8 Å². The van der Waals surface area contributed by atoms with Gasteiger partial charge in [0.25, 0.3) is 0 Å². The van der Waals surface area contributed by atoms with Crippen molar-refractivity contribution in [1.29, 1.82) is 0 Å². The third-order valence-electron chi connectivity index (χ3n) is 3.62. The van der Waals surface area contributed by atoms with Crippen molar-refractivity contribution in [3.05, 3.63) is 35.4 Å². The number of halogens is 2. The molecule has 0 aliphatic carbocycles. The van der Waals surface area contributed by atoms with Gasteiger partial charge in [0.05, 0.1) is 0 Å². The highest BCUT2D eigenvalue weighted by Gasteiger charge is 2.33. The topological polar surface area (TPSA) is 46.6 Å². The molecule has 1 heterocycles. The van der Waals surface area contributed by atoms with Crippen LogP contribution in [0.2, 0.25) is 0 Å². The fourth-order valence-electron chi connectivity index (χ4n) is 2.58. The van der Waals surface area contributed by atoms with Crippen LogP contribution in [0.25, 0.3) is 0 Å². The molecule has 1 saturated heterocycles. The van der Waals surface area contributed by atoms with E-state index in [1.165, 1.54) is 11.0 Å². The Kier molecular flexibility index (Phi) is 5.02. The number of nitrogens with zero attached hydrogens (tertiary/aromatic N) is 1. The molecule has 0 N–H and O–H groups in total. The van der Waals surface area contributed by atoms with Crippen LogP contribution in [0.15, 0.2) is 18.2 Å². The lowest BCUT2D eigenvalue weighted by Gasteiger charge is -2.36. The van der Waals surface area contributed by atoms with Crippen LogP contribution in [0.5, 0.6) is 0 Å². The molecule has 2 rings (SSSR count). The lowest BCUT2D eigenvalue weighted by molar-refractivity contribution is -0.122. The van der Waals surface area contributed by atoms with Crippen LogP contribution >= 0.6 is 0 Å². The molecule has 1 aliphatic rings. The monoisotopic (exact) mass is 325 g/mol. The fraction of sp³-hybridized carbons (Fsp3) is 0.529. The molecule has 1 amide bonds. The van der Waals surface area contributed by atoms with Crippen LogP contribution in [-0.2, 0) is 16.0 Å². The first-order valence-corrected chi connectivity index (χ1v) is 7.61. The van der Waals surface area contributed by atoms with Crippen molar-refractivity contribution in [3.63, 3.8) is 0 Å². The van der Waals surface area contributed by atoms with Gasteiger partial charge in [0.1, 0.15) is 11.4 Å². The molecule has 1 unspecified atom stereocenters. The third-order valence-corrected chi connectivity index (χ3v) is 3.62. The first kappa shape index (κ1) is 17.4. The number of piperidine rings is 1. The van der Waals surface area contributed by atoms with Crippen molar-refractivity contribution in [2.75, 3.05) is 6.54 Å². The Bertz CT molecular complexity index is 610. The molecule has 1 aromatic rings. The molecule has 1 atom stereocenters. The zero-order valence-corrected chi connectivity index (χ0v) is 13.6. The molecule has 0 saturated carbocycles. The average molecular weight is 325 g/mol. The molecular formula is C17H21F2NO3. The van der Waals surface area contributed by atoms with E-state index in [0.29, 0.717) is 5.56 Å². The largest absolute Gasteiger partial charge is 0.444 e. The molecule has 6 heteroatoms. The van der Waals surface area contributed by atoms with Crippen LogP contribution in [0.4, 0.5) is 13.6 Å². The minimum absolute atomic E-state index is 0.0531. The molecular weight excluding hydrogens is 304 g/mol. The van der Waals surface area contributed by atoms with Crippen LogP contribution < -0.4 is 0 Å². The Labute approximate surface area is 134 Å². The second-order valence-electron chi connectivity index (χ2n) is 6.77. The van der Waals surface area contributed by atoms with Gasteiger partial charge in [-0.1, -0.05) is 6.07 Å². The number of ketones is 1. The van der Waals surface area contributed by atoms with Crippen molar-refractivity contribution in [3.8, 4) is 0 Å².